The molecule has 6 nitrogen and oxygen atoms in total. The van der Waals surface area contributed by atoms with Crippen molar-refractivity contribution in [3.8, 4) is 0 Å². The summed E-state index contributed by atoms with van der Waals surface area (Å²) in [5, 5.41) is 6.97. The molecule has 2 aromatic rings. The fourth-order valence-electron chi connectivity index (χ4n) is 4.45. The van der Waals surface area contributed by atoms with Crippen LogP contribution in [-0.2, 0) is 36.7 Å². The van der Waals surface area contributed by atoms with Crippen LogP contribution in [0.25, 0.3) is 0 Å². The number of aromatic amines is 1. The molecule has 0 aliphatic carbocycles. The minimum Gasteiger partial charge on any atom is -0.598 e. The van der Waals surface area contributed by atoms with Gasteiger partial charge in [0.15, 0.2) is 5.69 Å². The third-order valence-electron chi connectivity index (χ3n) is 6.33. The highest BCUT2D eigenvalue weighted by molar-refractivity contribution is 7.88. The van der Waals surface area contributed by atoms with Gasteiger partial charge in [-0.25, -0.2) is 0 Å². The summed E-state index contributed by atoms with van der Waals surface area (Å²) in [5.74, 6) is -0.904. The lowest BCUT2D eigenvalue weighted by atomic mass is 9.87. The maximum Gasteiger partial charge on any atom is 0.416 e. The number of nitrogens with one attached hydrogen (secondary N) is 1. The van der Waals surface area contributed by atoms with Gasteiger partial charge in [0, 0.05) is 42.1 Å². The van der Waals surface area contributed by atoms with Crippen molar-refractivity contribution in [2.75, 3.05) is 25.9 Å². The van der Waals surface area contributed by atoms with Crippen LogP contribution in [0.2, 0.25) is 0 Å². The van der Waals surface area contributed by atoms with Gasteiger partial charge in [0.2, 0.25) is 0 Å². The van der Waals surface area contributed by atoms with E-state index in [0.717, 1.165) is 17.8 Å². The number of rotatable bonds is 3. The van der Waals surface area contributed by atoms with Crippen molar-refractivity contribution in [1.29, 1.82) is 0 Å². The van der Waals surface area contributed by atoms with Crippen molar-refractivity contribution < 1.29 is 35.7 Å². The fraction of sp³-hybridized carbons (Fsp3) is 0.524. The maximum absolute atomic E-state index is 13.2. The highest BCUT2D eigenvalue weighted by Gasteiger charge is 2.38. The summed E-state index contributed by atoms with van der Waals surface area (Å²) in [5.41, 5.74) is -1.03. The molecule has 1 amide bonds. The molecule has 1 aromatic heterocycles. The third kappa shape index (κ3) is 5.05. The molecule has 1 N–H and O–H groups in total. The third-order valence-corrected chi connectivity index (χ3v) is 7.37. The lowest BCUT2D eigenvalue weighted by molar-refractivity contribution is -0.143. The Morgan fingerprint density at radius 3 is 2.18 bits per heavy atom. The Balaban J connectivity index is 1.50. The molecule has 0 saturated carbocycles. The van der Waals surface area contributed by atoms with Crippen molar-refractivity contribution in [3.63, 3.8) is 0 Å². The molecule has 1 unspecified atom stereocenters. The number of halogens is 6. The Bertz CT molecular complexity index is 1030. The standard InChI is InChI=1S/C21H22F6N4O2S/c1-34(33)31-7-4-17-16(11-31)18(29-28-17)19(32)30-5-2-12(3-6-30)13-8-14(20(22,23)24)10-15(9-13)21(25,26)27/h8-10,12H,2-7,11H2,1H3,(H,28,29). The average molecular weight is 508 g/mol. The number of fused-ring (bicyclic) bond motifs is 1. The summed E-state index contributed by atoms with van der Waals surface area (Å²) in [6, 6.07) is 1.65. The number of aromatic nitrogens is 2. The number of hydrogen-bond donors (Lipinski definition) is 1. The maximum atomic E-state index is 13.2. The van der Waals surface area contributed by atoms with Crippen LogP contribution in [-0.4, -0.2) is 55.8 Å². The number of carbonyl (C=O) groups excluding carboxylic acids is 1. The number of H-pyrrole nitrogens is 1. The van der Waals surface area contributed by atoms with Crippen molar-refractivity contribution >= 4 is 17.3 Å². The van der Waals surface area contributed by atoms with Gasteiger partial charge in [-0.2, -0.15) is 31.4 Å². The first-order valence-electron chi connectivity index (χ1n) is 10.6. The lowest BCUT2D eigenvalue weighted by Gasteiger charge is -2.33. The molecule has 2 aliphatic heterocycles. The van der Waals surface area contributed by atoms with E-state index in [0.29, 0.717) is 25.1 Å². The van der Waals surface area contributed by atoms with Gasteiger partial charge in [-0.05, 0) is 42.5 Å². The van der Waals surface area contributed by atoms with Crippen molar-refractivity contribution in [2.45, 2.75) is 44.1 Å². The SMILES string of the molecule is C[S+]([O-])N1CCc2[nH]nc(C(=O)N3CCC(c4cc(C(F)(F)F)cc(C(F)(F)F)c4)CC3)c2C1. The summed E-state index contributed by atoms with van der Waals surface area (Å²) in [6.07, 6.45) is -7.24. The Morgan fingerprint density at radius 2 is 1.65 bits per heavy atom. The van der Waals surface area contributed by atoms with E-state index in [1.807, 2.05) is 0 Å². The number of amides is 1. The molecule has 0 spiro atoms. The van der Waals surface area contributed by atoms with Gasteiger partial charge in [0.25, 0.3) is 5.91 Å². The smallest absolute Gasteiger partial charge is 0.416 e. The number of benzene rings is 1. The van der Waals surface area contributed by atoms with E-state index in [1.54, 1.807) is 10.6 Å². The quantitative estimate of drug-likeness (QED) is 0.500. The molecule has 2 aliphatic rings. The second-order valence-electron chi connectivity index (χ2n) is 8.47. The van der Waals surface area contributed by atoms with Crippen LogP contribution in [0.15, 0.2) is 18.2 Å². The summed E-state index contributed by atoms with van der Waals surface area (Å²) in [4.78, 5) is 14.6. The molecule has 1 fully saturated rings. The number of hydrogen-bond acceptors (Lipinski definition) is 4. The van der Waals surface area contributed by atoms with Gasteiger partial charge in [-0.15, -0.1) is 4.31 Å². The Hall–Kier alpha value is -2.25. The number of piperidine rings is 1. The van der Waals surface area contributed by atoms with E-state index in [-0.39, 0.29) is 49.2 Å². The van der Waals surface area contributed by atoms with E-state index in [1.165, 1.54) is 4.90 Å². The first-order valence-corrected chi connectivity index (χ1v) is 12.1. The zero-order chi connectivity index (χ0) is 24.8. The predicted molar refractivity (Wildman–Crippen MR) is 111 cm³/mol. The van der Waals surface area contributed by atoms with Crippen molar-refractivity contribution in [1.82, 2.24) is 19.4 Å². The molecular weight excluding hydrogens is 486 g/mol. The van der Waals surface area contributed by atoms with E-state index in [2.05, 4.69) is 10.2 Å². The summed E-state index contributed by atoms with van der Waals surface area (Å²) >= 11 is -1.21. The molecule has 0 radical (unpaired) electrons. The topological polar surface area (TPSA) is 75.3 Å². The van der Waals surface area contributed by atoms with Crippen LogP contribution in [0.4, 0.5) is 26.3 Å². The largest absolute Gasteiger partial charge is 0.598 e. The van der Waals surface area contributed by atoms with Gasteiger partial charge in [-0.1, -0.05) is 0 Å². The summed E-state index contributed by atoms with van der Waals surface area (Å²) in [7, 11) is 0. The average Bonchev–Trinajstić information content (AvgIpc) is 3.20. The number of carbonyl (C=O) groups is 1. The second kappa shape index (κ2) is 9.08. The first-order chi connectivity index (χ1) is 15.8. The fourth-order valence-corrected chi connectivity index (χ4v) is 5.11. The monoisotopic (exact) mass is 508 g/mol. The van der Waals surface area contributed by atoms with Crippen LogP contribution in [0.3, 0.4) is 0 Å². The van der Waals surface area contributed by atoms with Gasteiger partial charge in [0.1, 0.15) is 6.26 Å². The van der Waals surface area contributed by atoms with E-state index >= 15 is 0 Å². The van der Waals surface area contributed by atoms with Crippen LogP contribution in [0.5, 0.6) is 0 Å². The molecule has 0 bridgehead atoms. The van der Waals surface area contributed by atoms with Gasteiger partial charge < -0.3 is 9.45 Å². The van der Waals surface area contributed by atoms with Crippen LogP contribution in [0, 0.1) is 0 Å². The zero-order valence-electron chi connectivity index (χ0n) is 18.1. The van der Waals surface area contributed by atoms with Crippen LogP contribution >= 0.6 is 0 Å². The van der Waals surface area contributed by atoms with Gasteiger partial charge >= 0.3 is 12.4 Å². The van der Waals surface area contributed by atoms with Crippen molar-refractivity contribution in [3.05, 3.63) is 51.8 Å². The van der Waals surface area contributed by atoms with E-state index < -0.39 is 40.8 Å². The first kappa shape index (κ1) is 24.9. The van der Waals surface area contributed by atoms with E-state index in [4.69, 9.17) is 0 Å². The number of alkyl halides is 6. The second-order valence-corrected chi connectivity index (χ2v) is 9.84. The highest BCUT2D eigenvalue weighted by atomic mass is 32.2. The Morgan fingerprint density at radius 1 is 1.06 bits per heavy atom. The summed E-state index contributed by atoms with van der Waals surface area (Å²) in [6.45, 7) is 1.21. The number of nitrogens with zero attached hydrogens (tertiary/aromatic N) is 3. The molecule has 1 aromatic carbocycles. The zero-order valence-corrected chi connectivity index (χ0v) is 18.9. The summed E-state index contributed by atoms with van der Waals surface area (Å²) < 4.78 is 92.7. The lowest BCUT2D eigenvalue weighted by Crippen LogP contribution is -2.40. The molecule has 34 heavy (non-hydrogen) atoms. The van der Waals surface area contributed by atoms with Crippen LogP contribution in [0.1, 0.15) is 57.2 Å². The predicted octanol–water partition coefficient (Wildman–Crippen LogP) is 4.12. The Labute approximate surface area is 194 Å². The minimum atomic E-state index is -4.90. The molecular formula is C21H22F6N4O2S. The van der Waals surface area contributed by atoms with Crippen LogP contribution < -0.4 is 0 Å². The molecule has 13 heteroatoms. The molecule has 1 atom stereocenters. The molecule has 1 saturated heterocycles. The minimum absolute atomic E-state index is 0.0348. The van der Waals surface area contributed by atoms with Gasteiger partial charge in [0.05, 0.1) is 24.2 Å². The highest BCUT2D eigenvalue weighted by Crippen LogP contribution is 2.39. The van der Waals surface area contributed by atoms with E-state index in [9.17, 15) is 35.7 Å². The molecule has 4 rings (SSSR count). The number of likely N-dealkylation sites (tertiary alicyclic amines) is 1. The van der Waals surface area contributed by atoms with Crippen molar-refractivity contribution in [2.24, 2.45) is 0 Å². The molecule has 186 valence electrons. The molecule has 3 heterocycles. The Kier molecular flexibility index (Phi) is 6.64. The normalized spacial score (nSPS) is 19.2. The van der Waals surface area contributed by atoms with Gasteiger partial charge in [-0.3, -0.25) is 9.89 Å².